The molecule has 1 unspecified atom stereocenters. The fourth-order valence-electron chi connectivity index (χ4n) is 6.13. The molecule has 4 aliphatic rings. The molecular weight excluding hydrogens is 514 g/mol. The Morgan fingerprint density at radius 3 is 2.49 bits per heavy atom. The Bertz CT molecular complexity index is 1570. The smallest absolute Gasteiger partial charge is 0.331 e. The molecule has 2 N–H and O–H groups in total. The number of fused-ring (bicyclic) bond motifs is 1. The van der Waals surface area contributed by atoms with Gasteiger partial charge in [0.05, 0.1) is 17.1 Å². The molecule has 2 aliphatic carbocycles. The molecule has 216 valence electrons. The maximum Gasteiger partial charge on any atom is 0.331 e. The molecule has 0 saturated carbocycles. The van der Waals surface area contributed by atoms with Crippen LogP contribution in [0.3, 0.4) is 0 Å². The van der Waals surface area contributed by atoms with Crippen LogP contribution >= 0.6 is 0 Å². The van der Waals surface area contributed by atoms with Crippen molar-refractivity contribution in [1.29, 1.82) is 0 Å². The molecule has 0 bridgehead atoms. The van der Waals surface area contributed by atoms with Crippen molar-refractivity contribution >= 4 is 28.8 Å². The number of anilines is 1. The Balaban J connectivity index is 0.000000219. The molecule has 0 radical (unpaired) electrons. The molecule has 1 fully saturated rings. The van der Waals surface area contributed by atoms with Gasteiger partial charge in [-0.1, -0.05) is 63.1 Å². The number of dihydropyridines is 1. The highest BCUT2D eigenvalue weighted by Gasteiger charge is 2.48. The normalized spacial score (nSPS) is 27.4. The van der Waals surface area contributed by atoms with Crippen LogP contribution in [0.2, 0.25) is 0 Å². The monoisotopic (exact) mass is 555 g/mol. The molecule has 3 amide bonds. The average molecular weight is 556 g/mol. The van der Waals surface area contributed by atoms with Crippen molar-refractivity contribution in [3.05, 3.63) is 81.5 Å². The molecule has 2 aliphatic heterocycles. The summed E-state index contributed by atoms with van der Waals surface area (Å²) in [6, 6.07) is 6.33. The Kier molecular flexibility index (Phi) is 7.77. The number of imide groups is 1. The van der Waals surface area contributed by atoms with Gasteiger partial charge in [0.15, 0.2) is 0 Å². The molecule has 6 rings (SSSR count). The molecule has 1 saturated heterocycles. The molecule has 3 heterocycles. The van der Waals surface area contributed by atoms with Gasteiger partial charge in [-0.05, 0) is 81.9 Å². The van der Waals surface area contributed by atoms with E-state index in [2.05, 4.69) is 55.5 Å². The van der Waals surface area contributed by atoms with E-state index in [4.69, 9.17) is 0 Å². The number of urea groups is 1. The van der Waals surface area contributed by atoms with E-state index in [9.17, 15) is 14.4 Å². The number of aromatic nitrogens is 2. The van der Waals surface area contributed by atoms with Crippen LogP contribution in [0.4, 0.5) is 10.6 Å². The van der Waals surface area contributed by atoms with Crippen molar-refractivity contribution in [1.82, 2.24) is 20.2 Å². The first kappa shape index (κ1) is 28.6. The zero-order valence-corrected chi connectivity index (χ0v) is 25.0. The lowest BCUT2D eigenvalue weighted by Crippen LogP contribution is -2.42. The number of amides is 3. The van der Waals surface area contributed by atoms with Gasteiger partial charge in [0, 0.05) is 11.6 Å². The van der Waals surface area contributed by atoms with Crippen molar-refractivity contribution in [2.75, 3.05) is 4.90 Å². The number of nitrogens with zero attached hydrogens (tertiary/aromatic N) is 3. The maximum atomic E-state index is 13.5. The minimum absolute atomic E-state index is 0.172. The van der Waals surface area contributed by atoms with Gasteiger partial charge in [0.25, 0.3) is 11.5 Å². The number of nitrogens with one attached hydrogen (secondary N) is 2. The van der Waals surface area contributed by atoms with Crippen LogP contribution in [0, 0.1) is 11.8 Å². The third-order valence-corrected chi connectivity index (χ3v) is 8.77. The van der Waals surface area contributed by atoms with Crippen molar-refractivity contribution in [3.8, 4) is 0 Å². The average Bonchev–Trinajstić information content (AvgIpc) is 3.56. The van der Waals surface area contributed by atoms with Crippen molar-refractivity contribution < 1.29 is 9.59 Å². The lowest BCUT2D eigenvalue weighted by Gasteiger charge is -2.21. The van der Waals surface area contributed by atoms with E-state index < -0.39 is 23.0 Å². The summed E-state index contributed by atoms with van der Waals surface area (Å²) in [6.07, 6.45) is 14.9. The van der Waals surface area contributed by atoms with E-state index in [1.54, 1.807) is 35.6 Å². The van der Waals surface area contributed by atoms with Gasteiger partial charge >= 0.3 is 6.03 Å². The number of hydrogen-bond donors (Lipinski definition) is 2. The Hall–Kier alpha value is -3.94. The van der Waals surface area contributed by atoms with Crippen LogP contribution < -0.4 is 21.1 Å². The number of hydrogen-bond acceptors (Lipinski definition) is 5. The minimum Gasteiger partial charge on any atom is -0.365 e. The quantitative estimate of drug-likeness (QED) is 0.342. The van der Waals surface area contributed by atoms with E-state index in [1.807, 2.05) is 30.5 Å². The van der Waals surface area contributed by atoms with E-state index >= 15 is 0 Å². The highest BCUT2D eigenvalue weighted by Crippen LogP contribution is 2.47. The number of allylic oxidation sites excluding steroid dienone is 7. The first-order valence-corrected chi connectivity index (χ1v) is 14.8. The summed E-state index contributed by atoms with van der Waals surface area (Å²) < 4.78 is 1.62. The molecule has 1 aromatic heterocycles. The lowest BCUT2D eigenvalue weighted by atomic mass is 9.88. The van der Waals surface area contributed by atoms with Crippen LogP contribution in [0.1, 0.15) is 79.7 Å². The molecule has 8 heteroatoms. The second-order valence-electron chi connectivity index (χ2n) is 11.9. The fraction of sp³-hybridized carbons (Fsp3) is 0.455. The van der Waals surface area contributed by atoms with E-state index in [0.717, 1.165) is 28.5 Å². The predicted molar refractivity (Wildman–Crippen MR) is 163 cm³/mol. The molecule has 3 atom stereocenters. The summed E-state index contributed by atoms with van der Waals surface area (Å²) in [6.45, 7) is 12.2. The van der Waals surface area contributed by atoms with Crippen LogP contribution in [0.5, 0.6) is 0 Å². The number of para-hydroxylation sites is 2. The first-order valence-electron chi connectivity index (χ1n) is 14.8. The summed E-state index contributed by atoms with van der Waals surface area (Å²) >= 11 is 0. The summed E-state index contributed by atoms with van der Waals surface area (Å²) in [5.41, 5.74) is 5.20. The third-order valence-electron chi connectivity index (χ3n) is 8.77. The fourth-order valence-corrected chi connectivity index (χ4v) is 6.13. The van der Waals surface area contributed by atoms with Gasteiger partial charge in [-0.2, -0.15) is 0 Å². The topological polar surface area (TPSA) is 96.3 Å². The maximum absolute atomic E-state index is 13.5. The zero-order valence-electron chi connectivity index (χ0n) is 25.0. The lowest BCUT2D eigenvalue weighted by molar-refractivity contribution is -0.121. The second kappa shape index (κ2) is 11.1. The summed E-state index contributed by atoms with van der Waals surface area (Å²) in [4.78, 5) is 44.0. The van der Waals surface area contributed by atoms with Crippen LogP contribution in [-0.4, -0.2) is 27.0 Å². The van der Waals surface area contributed by atoms with Crippen molar-refractivity contribution in [2.24, 2.45) is 11.8 Å². The van der Waals surface area contributed by atoms with Gasteiger partial charge < -0.3 is 10.6 Å². The Morgan fingerprint density at radius 1 is 1.05 bits per heavy atom. The molecule has 8 nitrogen and oxygen atoms in total. The summed E-state index contributed by atoms with van der Waals surface area (Å²) in [5.74, 6) is 0.400. The summed E-state index contributed by atoms with van der Waals surface area (Å²) in [5, 5.41) is 5.81. The zero-order chi connectivity index (χ0) is 29.5. The van der Waals surface area contributed by atoms with Gasteiger partial charge in [-0.3, -0.25) is 14.2 Å². The van der Waals surface area contributed by atoms with Crippen LogP contribution in [0.25, 0.3) is 11.0 Å². The Morgan fingerprint density at radius 2 is 1.80 bits per heavy atom. The first-order chi connectivity index (χ1) is 19.6. The number of rotatable bonds is 4. The molecule has 0 spiro atoms. The van der Waals surface area contributed by atoms with E-state index in [1.165, 1.54) is 25.7 Å². The Labute approximate surface area is 241 Å². The highest BCUT2D eigenvalue weighted by molar-refractivity contribution is 6.22. The number of carbonyl (C=O) groups is 2. The molecular formula is C33H41N5O3. The molecule has 1 aromatic carbocycles. The van der Waals surface area contributed by atoms with Crippen molar-refractivity contribution in [2.45, 2.75) is 85.2 Å². The largest absolute Gasteiger partial charge is 0.365 e. The molecule has 2 aromatic rings. The van der Waals surface area contributed by atoms with E-state index in [0.29, 0.717) is 11.0 Å². The van der Waals surface area contributed by atoms with Gasteiger partial charge in [0.2, 0.25) is 5.82 Å². The SMILES string of the molecule is CC/C1=C/C/C=C(\CC)CC[C@@H]1C.C[C@H]1C2=C1C(n1c(=O)c(N3C(=O)NC(C)(C)C3=O)nc3ccccc31)C=CN2. The minimum atomic E-state index is -1.09. The van der Waals surface area contributed by atoms with E-state index in [-0.39, 0.29) is 17.8 Å². The second-order valence-corrected chi connectivity index (χ2v) is 11.9. The summed E-state index contributed by atoms with van der Waals surface area (Å²) in [7, 11) is 0. The van der Waals surface area contributed by atoms with Gasteiger partial charge in [0.1, 0.15) is 5.54 Å². The number of carbonyl (C=O) groups excluding carboxylic acids is 2. The van der Waals surface area contributed by atoms with Crippen molar-refractivity contribution in [3.63, 3.8) is 0 Å². The van der Waals surface area contributed by atoms with Gasteiger partial charge in [-0.15, -0.1) is 0 Å². The standard InChI is InChI=1S/C20H19N5O3.C13H22/c1-10-14-13(8-9-21-15(10)14)24-12-7-5-4-6-11(12)22-16(17(24)26)25-18(27)20(2,3)23-19(25)28;1-4-12-7-6-8-13(5-2)11(3)9-10-12/h4-10,13,21H,1-3H3,(H,23,28);7-8,11H,4-6,9-10H2,1-3H3/b;12-7+,13-8-/t10-,13?;11-/m10/s1. The predicted octanol–water partition coefficient (Wildman–Crippen LogP) is 6.27. The molecule has 41 heavy (non-hydrogen) atoms. The van der Waals surface area contributed by atoms with Gasteiger partial charge in [-0.25, -0.2) is 14.7 Å². The van der Waals surface area contributed by atoms with Crippen LogP contribution in [-0.2, 0) is 4.79 Å². The number of benzene rings is 1. The van der Waals surface area contributed by atoms with Crippen LogP contribution in [0.15, 0.2) is 75.9 Å². The third kappa shape index (κ3) is 5.27. The highest BCUT2D eigenvalue weighted by atomic mass is 16.2.